The lowest BCUT2D eigenvalue weighted by atomic mass is 9.78. The first-order valence-corrected chi connectivity index (χ1v) is 15.2. The van der Waals surface area contributed by atoms with Crippen molar-refractivity contribution in [1.29, 1.82) is 0 Å². The molecule has 3 saturated carbocycles. The highest BCUT2D eigenvalue weighted by Crippen LogP contribution is 2.51. The summed E-state index contributed by atoms with van der Waals surface area (Å²) >= 11 is 1.50. The van der Waals surface area contributed by atoms with Crippen molar-refractivity contribution < 1.29 is 18.4 Å². The van der Waals surface area contributed by atoms with Gasteiger partial charge >= 0.3 is 0 Å². The number of benzene rings is 1. The second-order valence-electron chi connectivity index (χ2n) is 11.2. The Kier molecular flexibility index (Phi) is 8.35. The van der Waals surface area contributed by atoms with Gasteiger partial charge in [0.05, 0.1) is 12.8 Å². The van der Waals surface area contributed by atoms with Gasteiger partial charge in [0.1, 0.15) is 11.9 Å². The first-order chi connectivity index (χ1) is 18.8. The molecule has 39 heavy (non-hydrogen) atoms. The van der Waals surface area contributed by atoms with Crippen molar-refractivity contribution in [2.45, 2.75) is 82.6 Å². The minimum absolute atomic E-state index is 0.0377. The largest absolute Gasteiger partial charge is 0.490 e. The van der Waals surface area contributed by atoms with Crippen LogP contribution in [0.2, 0.25) is 0 Å². The molecule has 5 atom stereocenters. The Morgan fingerprint density at radius 1 is 1.18 bits per heavy atom. The smallest absolute Gasteiger partial charge is 0.230 e. The summed E-state index contributed by atoms with van der Waals surface area (Å²) in [7, 11) is 1.61. The van der Waals surface area contributed by atoms with E-state index in [0.717, 1.165) is 47.9 Å². The predicted molar refractivity (Wildman–Crippen MR) is 152 cm³/mol. The molecule has 0 radical (unpaired) electrons. The third kappa shape index (κ3) is 5.60. The maximum absolute atomic E-state index is 14.8. The molecule has 7 nitrogen and oxygen atoms in total. The summed E-state index contributed by atoms with van der Waals surface area (Å²) in [5.41, 5.74) is 1.32. The SMILES string of the molecule is CCc1cnc(Nc2ccc(SC)cc2F)c(OC)c1OC1CC2CCC1CC(c1nc(C(C)C)no1)C2C. The van der Waals surface area contributed by atoms with Gasteiger partial charge in [-0.25, -0.2) is 9.37 Å². The maximum Gasteiger partial charge on any atom is 0.230 e. The third-order valence-corrected chi connectivity index (χ3v) is 9.27. The third-order valence-electron chi connectivity index (χ3n) is 8.54. The molecule has 3 aliphatic carbocycles. The quantitative estimate of drug-likeness (QED) is 0.269. The zero-order valence-corrected chi connectivity index (χ0v) is 24.5. The van der Waals surface area contributed by atoms with Gasteiger partial charge in [0, 0.05) is 28.5 Å². The highest BCUT2D eigenvalue weighted by atomic mass is 32.2. The molecule has 0 saturated heterocycles. The average molecular weight is 555 g/mol. The predicted octanol–water partition coefficient (Wildman–Crippen LogP) is 7.75. The van der Waals surface area contributed by atoms with Crippen LogP contribution in [0.25, 0.3) is 0 Å². The Morgan fingerprint density at radius 2 is 1.97 bits per heavy atom. The van der Waals surface area contributed by atoms with Crippen LogP contribution in [0.5, 0.6) is 11.5 Å². The molecule has 210 valence electrons. The number of hydrogen-bond acceptors (Lipinski definition) is 8. The standard InChI is InChI=1S/C30H39FN4O3S/c1-7-18-15-32-29(33-24-11-10-21(39-6)14-23(24)31)27(36-5)26(18)37-25-13-19-8-9-20(25)12-22(17(19)4)30-34-28(16(2)3)35-38-30/h10-11,14-17,19-20,22,25H,7-9,12-13H2,1-6H3,(H,32,33). The van der Waals surface area contributed by atoms with Gasteiger partial charge in [-0.15, -0.1) is 11.8 Å². The molecule has 3 fully saturated rings. The number of hydrogen-bond donors (Lipinski definition) is 1. The van der Waals surface area contributed by atoms with Crippen LogP contribution in [0.3, 0.4) is 0 Å². The van der Waals surface area contributed by atoms with Gasteiger partial charge in [-0.2, -0.15) is 4.98 Å². The molecule has 0 spiro atoms. The fraction of sp³-hybridized carbons (Fsp3) is 0.567. The van der Waals surface area contributed by atoms with Gasteiger partial charge < -0.3 is 19.3 Å². The molecule has 6 rings (SSSR count). The lowest BCUT2D eigenvalue weighted by Gasteiger charge is -2.34. The molecule has 2 heterocycles. The van der Waals surface area contributed by atoms with Crippen LogP contribution in [0, 0.1) is 23.6 Å². The van der Waals surface area contributed by atoms with Crippen LogP contribution < -0.4 is 14.8 Å². The van der Waals surface area contributed by atoms with Gasteiger partial charge in [0.15, 0.2) is 17.4 Å². The van der Waals surface area contributed by atoms with Gasteiger partial charge in [0.25, 0.3) is 0 Å². The van der Waals surface area contributed by atoms with Crippen LogP contribution in [0.15, 0.2) is 33.8 Å². The summed E-state index contributed by atoms with van der Waals surface area (Å²) in [6.45, 7) is 8.57. The monoisotopic (exact) mass is 554 g/mol. The number of aromatic nitrogens is 3. The average Bonchev–Trinajstić information content (AvgIpc) is 3.33. The van der Waals surface area contributed by atoms with E-state index in [9.17, 15) is 4.39 Å². The highest BCUT2D eigenvalue weighted by molar-refractivity contribution is 7.98. The van der Waals surface area contributed by atoms with Crippen molar-refractivity contribution in [3.8, 4) is 11.5 Å². The van der Waals surface area contributed by atoms with Crippen molar-refractivity contribution in [2.24, 2.45) is 17.8 Å². The fourth-order valence-electron chi connectivity index (χ4n) is 6.12. The summed E-state index contributed by atoms with van der Waals surface area (Å²) in [6.07, 6.45) is 8.72. The van der Waals surface area contributed by atoms with Crippen LogP contribution in [0.4, 0.5) is 15.9 Å². The van der Waals surface area contributed by atoms with Gasteiger partial charge in [-0.3, -0.25) is 0 Å². The van der Waals surface area contributed by atoms with E-state index in [2.05, 4.69) is 43.2 Å². The number of rotatable bonds is 9. The molecular weight excluding hydrogens is 515 g/mol. The zero-order valence-electron chi connectivity index (χ0n) is 23.7. The Hall–Kier alpha value is -2.81. The van der Waals surface area contributed by atoms with Crippen LogP contribution >= 0.6 is 11.8 Å². The van der Waals surface area contributed by atoms with Gasteiger partial charge in [-0.1, -0.05) is 32.9 Å². The Labute approximate surface area is 234 Å². The van der Waals surface area contributed by atoms with E-state index in [1.165, 1.54) is 24.2 Å². The molecule has 5 unspecified atom stereocenters. The molecule has 1 aromatic carbocycles. The molecule has 3 aromatic rings. The molecule has 2 aromatic heterocycles. The highest BCUT2D eigenvalue weighted by Gasteiger charge is 2.45. The number of ether oxygens (including phenoxy) is 2. The number of aryl methyl sites for hydroxylation is 1. The van der Waals surface area contributed by atoms with E-state index in [1.54, 1.807) is 19.4 Å². The first kappa shape index (κ1) is 27.7. The number of nitrogens with zero attached hydrogens (tertiary/aromatic N) is 3. The van der Waals surface area contributed by atoms with Crippen LogP contribution in [-0.4, -0.2) is 34.6 Å². The van der Waals surface area contributed by atoms with E-state index >= 15 is 0 Å². The van der Waals surface area contributed by atoms with Crippen molar-refractivity contribution in [3.63, 3.8) is 0 Å². The summed E-state index contributed by atoms with van der Waals surface area (Å²) in [5.74, 6) is 4.61. The van der Waals surface area contributed by atoms with E-state index in [-0.39, 0.29) is 23.8 Å². The van der Waals surface area contributed by atoms with E-state index in [1.807, 2.05) is 12.3 Å². The number of pyridine rings is 1. The molecule has 0 amide bonds. The minimum Gasteiger partial charge on any atom is -0.490 e. The lowest BCUT2D eigenvalue weighted by molar-refractivity contribution is 0.0685. The van der Waals surface area contributed by atoms with Crippen LogP contribution in [0.1, 0.15) is 82.5 Å². The van der Waals surface area contributed by atoms with Crippen LogP contribution in [-0.2, 0) is 6.42 Å². The zero-order chi connectivity index (χ0) is 27.7. The molecule has 3 aliphatic rings. The lowest BCUT2D eigenvalue weighted by Crippen LogP contribution is -2.33. The fourth-order valence-corrected chi connectivity index (χ4v) is 6.54. The first-order valence-electron chi connectivity index (χ1n) is 14.0. The van der Waals surface area contributed by atoms with E-state index in [0.29, 0.717) is 40.8 Å². The van der Waals surface area contributed by atoms with Crippen molar-refractivity contribution in [2.75, 3.05) is 18.7 Å². The number of fused-ring (bicyclic) bond motifs is 4. The van der Waals surface area contributed by atoms with Crippen molar-refractivity contribution in [3.05, 3.63) is 47.5 Å². The van der Waals surface area contributed by atoms with Gasteiger partial charge in [-0.05, 0) is 74.3 Å². The number of nitrogens with one attached hydrogen (secondary N) is 1. The van der Waals surface area contributed by atoms with Gasteiger partial charge in [0.2, 0.25) is 11.6 Å². The number of methoxy groups -OCH3 is 1. The molecule has 9 heteroatoms. The summed E-state index contributed by atoms with van der Waals surface area (Å²) in [4.78, 5) is 10.2. The number of halogens is 1. The summed E-state index contributed by atoms with van der Waals surface area (Å²) in [6, 6.07) is 5.13. The number of thioether (sulfide) groups is 1. The van der Waals surface area contributed by atoms with E-state index in [4.69, 9.17) is 19.0 Å². The Balaban J connectivity index is 1.42. The topological polar surface area (TPSA) is 82.3 Å². The molecule has 0 aliphatic heterocycles. The second-order valence-corrected chi connectivity index (χ2v) is 12.0. The summed E-state index contributed by atoms with van der Waals surface area (Å²) in [5, 5.41) is 7.38. The Morgan fingerprint density at radius 3 is 2.64 bits per heavy atom. The molecule has 2 bridgehead atoms. The van der Waals surface area contributed by atoms with E-state index < -0.39 is 0 Å². The van der Waals surface area contributed by atoms with Crippen molar-refractivity contribution >= 4 is 23.3 Å². The minimum atomic E-state index is -0.338. The van der Waals surface area contributed by atoms with Crippen molar-refractivity contribution in [1.82, 2.24) is 15.1 Å². The molecular formula is C30H39FN4O3S. The normalized spacial score (nSPS) is 24.6. The molecule has 1 N–H and O–H groups in total. The summed E-state index contributed by atoms with van der Waals surface area (Å²) < 4.78 is 33.3. The second kappa shape index (κ2) is 11.7. The number of anilines is 2. The maximum atomic E-state index is 14.8. The Bertz CT molecular complexity index is 1300.